The van der Waals surface area contributed by atoms with E-state index >= 15 is 0 Å². The van der Waals surface area contributed by atoms with E-state index in [1.54, 1.807) is 4.68 Å². The summed E-state index contributed by atoms with van der Waals surface area (Å²) in [5, 5.41) is 11.6. The molecule has 104 valence electrons. The van der Waals surface area contributed by atoms with Crippen molar-refractivity contribution in [3.05, 3.63) is 54.7 Å². The van der Waals surface area contributed by atoms with Crippen LogP contribution in [0.5, 0.6) is 11.9 Å². The lowest BCUT2D eigenvalue weighted by atomic mass is 10.3. The molecule has 0 spiro atoms. The molecule has 0 aliphatic rings. The fraction of sp³-hybridized carbons (Fsp3) is 0. The van der Waals surface area contributed by atoms with Crippen molar-refractivity contribution >= 4 is 5.84 Å². The highest BCUT2D eigenvalue weighted by Crippen LogP contribution is 2.18. The van der Waals surface area contributed by atoms with Gasteiger partial charge in [-0.3, -0.25) is 5.41 Å². The van der Waals surface area contributed by atoms with E-state index in [1.807, 2.05) is 30.3 Å². The van der Waals surface area contributed by atoms with Gasteiger partial charge in [-0.2, -0.15) is 4.98 Å². The van der Waals surface area contributed by atoms with Crippen LogP contribution in [0, 0.1) is 5.41 Å². The molecule has 3 aromatic rings. The molecule has 8 nitrogen and oxygen atoms in total. The third-order valence-corrected chi connectivity index (χ3v) is 2.60. The number of benzene rings is 1. The second-order valence-electron chi connectivity index (χ2n) is 4.03. The van der Waals surface area contributed by atoms with Crippen LogP contribution in [0.15, 0.2) is 49.1 Å². The molecular formula is C13H11N7O. The number of rotatable bonds is 4. The van der Waals surface area contributed by atoms with Gasteiger partial charge in [0.1, 0.15) is 12.2 Å². The van der Waals surface area contributed by atoms with E-state index in [2.05, 4.69) is 20.1 Å². The molecule has 0 atom stereocenters. The largest absolute Gasteiger partial charge is 0.402 e. The molecule has 8 heteroatoms. The zero-order chi connectivity index (χ0) is 14.7. The average Bonchev–Trinajstić information content (AvgIpc) is 2.97. The summed E-state index contributed by atoms with van der Waals surface area (Å²) in [4.78, 5) is 12.0. The van der Waals surface area contributed by atoms with Gasteiger partial charge in [0, 0.05) is 12.4 Å². The molecule has 3 N–H and O–H groups in total. The lowest BCUT2D eigenvalue weighted by molar-refractivity contribution is 0.421. The number of hydrogen-bond donors (Lipinski definition) is 2. The number of para-hydroxylation sites is 1. The fourth-order valence-electron chi connectivity index (χ4n) is 1.67. The second kappa shape index (κ2) is 5.37. The van der Waals surface area contributed by atoms with Gasteiger partial charge >= 0.3 is 6.01 Å². The predicted molar refractivity (Wildman–Crippen MR) is 74.5 cm³/mol. The minimum Gasteiger partial charge on any atom is -0.402 e. The van der Waals surface area contributed by atoms with Crippen LogP contribution in [0.3, 0.4) is 0 Å². The highest BCUT2D eigenvalue weighted by Gasteiger charge is 2.13. The van der Waals surface area contributed by atoms with Crippen LogP contribution in [0.4, 0.5) is 0 Å². The number of ether oxygens (including phenoxy) is 1. The highest BCUT2D eigenvalue weighted by atomic mass is 16.5. The summed E-state index contributed by atoms with van der Waals surface area (Å²) in [6.45, 7) is 0. The van der Waals surface area contributed by atoms with Crippen molar-refractivity contribution < 1.29 is 4.74 Å². The van der Waals surface area contributed by atoms with Crippen molar-refractivity contribution in [3.8, 4) is 17.6 Å². The van der Waals surface area contributed by atoms with Crippen LogP contribution in [-0.4, -0.2) is 30.6 Å². The molecule has 21 heavy (non-hydrogen) atoms. The van der Waals surface area contributed by atoms with Crippen LogP contribution in [0.1, 0.15) is 5.69 Å². The van der Waals surface area contributed by atoms with E-state index in [9.17, 15) is 0 Å². The number of nitrogens with two attached hydrogens (primary N) is 1. The second-order valence-corrected chi connectivity index (χ2v) is 4.03. The maximum Gasteiger partial charge on any atom is 0.342 e. The summed E-state index contributed by atoms with van der Waals surface area (Å²) in [5.41, 5.74) is 6.42. The molecule has 0 amide bonds. The number of amidine groups is 1. The summed E-state index contributed by atoms with van der Waals surface area (Å²) in [5.74, 6) is -0.142. The summed E-state index contributed by atoms with van der Waals surface area (Å²) < 4.78 is 7.00. The number of nitrogen functional groups attached to an aromatic ring is 1. The summed E-state index contributed by atoms with van der Waals surface area (Å²) in [6.07, 6.45) is 4.39. The first-order valence-electron chi connectivity index (χ1n) is 6.04. The smallest absolute Gasteiger partial charge is 0.342 e. The van der Waals surface area contributed by atoms with E-state index in [-0.39, 0.29) is 23.4 Å². The Hall–Kier alpha value is -3.29. The first-order chi connectivity index (χ1) is 10.2. The average molecular weight is 281 g/mol. The molecule has 0 radical (unpaired) electrons. The first-order valence-corrected chi connectivity index (χ1v) is 6.04. The SMILES string of the molecule is N=C(N)c1nccnc1Oc1ncn(-c2ccccc2)n1. The van der Waals surface area contributed by atoms with Crippen molar-refractivity contribution in [3.63, 3.8) is 0 Å². The molecule has 0 saturated heterocycles. The molecule has 0 aliphatic carbocycles. The summed E-state index contributed by atoms with van der Waals surface area (Å²) in [7, 11) is 0. The van der Waals surface area contributed by atoms with E-state index in [0.29, 0.717) is 0 Å². The molecule has 2 heterocycles. The van der Waals surface area contributed by atoms with Gasteiger partial charge in [0.25, 0.3) is 5.88 Å². The van der Waals surface area contributed by atoms with Gasteiger partial charge in [-0.25, -0.2) is 14.6 Å². The van der Waals surface area contributed by atoms with Crippen molar-refractivity contribution in [2.45, 2.75) is 0 Å². The first kappa shape index (κ1) is 12.7. The van der Waals surface area contributed by atoms with E-state index in [4.69, 9.17) is 15.9 Å². The zero-order valence-corrected chi connectivity index (χ0v) is 10.8. The molecule has 0 bridgehead atoms. The van der Waals surface area contributed by atoms with Gasteiger partial charge in [0.2, 0.25) is 0 Å². The van der Waals surface area contributed by atoms with Crippen LogP contribution in [0.25, 0.3) is 5.69 Å². The highest BCUT2D eigenvalue weighted by molar-refractivity contribution is 5.95. The zero-order valence-electron chi connectivity index (χ0n) is 10.8. The summed E-state index contributed by atoms with van der Waals surface area (Å²) >= 11 is 0. The third kappa shape index (κ3) is 2.68. The minimum atomic E-state index is -0.236. The summed E-state index contributed by atoms with van der Waals surface area (Å²) in [6, 6.07) is 9.59. The number of aromatic nitrogens is 5. The predicted octanol–water partition coefficient (Wildman–Crippen LogP) is 1.13. The quantitative estimate of drug-likeness (QED) is 0.547. The molecule has 2 aromatic heterocycles. The van der Waals surface area contributed by atoms with Gasteiger partial charge in [0.05, 0.1) is 5.69 Å². The lowest BCUT2D eigenvalue weighted by Gasteiger charge is -2.04. The Balaban J connectivity index is 1.87. The van der Waals surface area contributed by atoms with Gasteiger partial charge in [-0.05, 0) is 12.1 Å². The number of nitrogens with one attached hydrogen (secondary N) is 1. The van der Waals surface area contributed by atoms with Crippen molar-refractivity contribution in [1.82, 2.24) is 24.7 Å². The molecule has 0 fully saturated rings. The molecule has 1 aromatic carbocycles. The molecule has 3 rings (SSSR count). The maximum absolute atomic E-state index is 7.43. The molecule has 0 unspecified atom stereocenters. The molecular weight excluding hydrogens is 270 g/mol. The maximum atomic E-state index is 7.43. The Kier molecular flexibility index (Phi) is 3.26. The van der Waals surface area contributed by atoms with Gasteiger partial charge in [0.15, 0.2) is 5.69 Å². The Morgan fingerprint density at radius 1 is 1.10 bits per heavy atom. The van der Waals surface area contributed by atoms with Gasteiger partial charge in [-0.15, -0.1) is 5.10 Å². The van der Waals surface area contributed by atoms with Gasteiger partial charge < -0.3 is 10.5 Å². The minimum absolute atomic E-state index is 0.0933. The van der Waals surface area contributed by atoms with E-state index in [0.717, 1.165) is 5.69 Å². The van der Waals surface area contributed by atoms with Crippen molar-refractivity contribution in [1.29, 1.82) is 5.41 Å². The fourth-order valence-corrected chi connectivity index (χ4v) is 1.67. The van der Waals surface area contributed by atoms with Crippen molar-refractivity contribution in [2.24, 2.45) is 5.73 Å². The third-order valence-electron chi connectivity index (χ3n) is 2.60. The van der Waals surface area contributed by atoms with Crippen LogP contribution in [0.2, 0.25) is 0 Å². The van der Waals surface area contributed by atoms with Crippen LogP contribution in [-0.2, 0) is 0 Å². The Morgan fingerprint density at radius 3 is 2.62 bits per heavy atom. The monoisotopic (exact) mass is 281 g/mol. The Bertz CT molecular complexity index is 769. The van der Waals surface area contributed by atoms with E-state index < -0.39 is 0 Å². The molecule has 0 aliphatic heterocycles. The Morgan fingerprint density at radius 2 is 1.86 bits per heavy atom. The number of nitrogens with zero attached hydrogens (tertiary/aromatic N) is 5. The van der Waals surface area contributed by atoms with Gasteiger partial charge in [-0.1, -0.05) is 18.2 Å². The topological polar surface area (TPSA) is 116 Å². The van der Waals surface area contributed by atoms with E-state index in [1.165, 1.54) is 18.7 Å². The number of hydrogen-bond acceptors (Lipinski definition) is 6. The lowest BCUT2D eigenvalue weighted by Crippen LogP contribution is -2.15. The Labute approximate surface area is 119 Å². The normalized spacial score (nSPS) is 10.3. The van der Waals surface area contributed by atoms with Crippen molar-refractivity contribution in [2.75, 3.05) is 0 Å². The standard InChI is InChI=1S/C13H11N7O/c14-11(15)10-12(17-7-6-16-10)21-13-18-8-20(19-13)9-4-2-1-3-5-9/h1-8H,(H3,14,15). The molecule has 0 saturated carbocycles. The van der Waals surface area contributed by atoms with Crippen LogP contribution < -0.4 is 10.5 Å². The van der Waals surface area contributed by atoms with Crippen LogP contribution >= 0.6 is 0 Å².